The van der Waals surface area contributed by atoms with Gasteiger partial charge in [-0.15, -0.1) is 11.3 Å². The number of nitrogens with zero attached hydrogens (tertiary/aromatic N) is 1. The summed E-state index contributed by atoms with van der Waals surface area (Å²) in [4.78, 5) is 15.3. The van der Waals surface area contributed by atoms with Gasteiger partial charge in [0.15, 0.2) is 0 Å². The Balaban J connectivity index is 2.20. The van der Waals surface area contributed by atoms with Crippen LogP contribution in [-0.2, 0) is 11.2 Å². The molecule has 0 bridgehead atoms. The van der Waals surface area contributed by atoms with Gasteiger partial charge in [-0.3, -0.25) is 4.79 Å². The van der Waals surface area contributed by atoms with E-state index in [1.165, 1.54) is 0 Å². The van der Waals surface area contributed by atoms with Crippen LogP contribution in [0.25, 0.3) is 10.2 Å². The van der Waals surface area contributed by atoms with Gasteiger partial charge >= 0.3 is 5.97 Å². The van der Waals surface area contributed by atoms with Crippen LogP contribution in [0, 0.1) is 5.41 Å². The first-order valence-corrected chi connectivity index (χ1v) is 6.34. The molecule has 1 heterocycles. The molecule has 0 spiro atoms. The lowest BCUT2D eigenvalue weighted by atomic mass is 9.86. The molecular formula is C13H15NO2S. The van der Waals surface area contributed by atoms with E-state index in [4.69, 9.17) is 5.11 Å². The number of benzene rings is 1. The van der Waals surface area contributed by atoms with Crippen molar-refractivity contribution in [1.82, 2.24) is 4.98 Å². The van der Waals surface area contributed by atoms with Gasteiger partial charge in [0.25, 0.3) is 0 Å². The first kappa shape index (κ1) is 12.0. The van der Waals surface area contributed by atoms with Crippen LogP contribution in [0.3, 0.4) is 0 Å². The molecule has 1 N–H and O–H groups in total. The summed E-state index contributed by atoms with van der Waals surface area (Å²) >= 11 is 1.65. The summed E-state index contributed by atoms with van der Waals surface area (Å²) in [5.74, 6) is -0.754. The molecule has 0 atom stereocenters. The Kier molecular flexibility index (Phi) is 3.15. The van der Waals surface area contributed by atoms with Crippen LogP contribution in [0.1, 0.15) is 25.3 Å². The number of aliphatic carboxylic acids is 1. The molecule has 0 fully saturated rings. The third-order valence-electron chi connectivity index (χ3n) is 2.60. The molecule has 17 heavy (non-hydrogen) atoms. The molecule has 0 aliphatic carbocycles. The summed E-state index contributed by atoms with van der Waals surface area (Å²) in [6, 6.07) is 7.99. The summed E-state index contributed by atoms with van der Waals surface area (Å²) < 4.78 is 1.16. The van der Waals surface area contributed by atoms with E-state index in [2.05, 4.69) is 4.98 Å². The lowest BCUT2D eigenvalue weighted by molar-refractivity contribution is -0.139. The van der Waals surface area contributed by atoms with Crippen LogP contribution in [-0.4, -0.2) is 16.1 Å². The van der Waals surface area contributed by atoms with Crippen LogP contribution in [0.15, 0.2) is 24.3 Å². The first-order chi connectivity index (χ1) is 7.96. The second kappa shape index (κ2) is 4.45. The number of carboxylic acids is 1. The van der Waals surface area contributed by atoms with Gasteiger partial charge in [0.05, 0.1) is 21.6 Å². The van der Waals surface area contributed by atoms with Crippen LogP contribution in [0.5, 0.6) is 0 Å². The predicted molar refractivity (Wildman–Crippen MR) is 69.4 cm³/mol. The quantitative estimate of drug-likeness (QED) is 0.904. The number of carboxylic acid groups (broad SMARTS) is 1. The summed E-state index contributed by atoms with van der Waals surface area (Å²) in [6.45, 7) is 3.93. The minimum Gasteiger partial charge on any atom is -0.481 e. The molecule has 1 aromatic carbocycles. The highest BCUT2D eigenvalue weighted by Crippen LogP contribution is 2.30. The van der Waals surface area contributed by atoms with Gasteiger partial charge in [-0.05, 0) is 17.5 Å². The monoisotopic (exact) mass is 249 g/mol. The summed E-state index contributed by atoms with van der Waals surface area (Å²) in [6.07, 6.45) is 0.877. The Bertz CT molecular complexity index is 512. The number of aromatic nitrogens is 1. The van der Waals surface area contributed by atoms with E-state index < -0.39 is 5.97 Å². The van der Waals surface area contributed by atoms with Crippen molar-refractivity contribution in [2.24, 2.45) is 5.41 Å². The zero-order valence-corrected chi connectivity index (χ0v) is 10.8. The SMILES string of the molecule is CC(C)(CC(=O)O)Cc1nc2ccccc2s1. The van der Waals surface area contributed by atoms with E-state index in [1.807, 2.05) is 38.1 Å². The fraction of sp³-hybridized carbons (Fsp3) is 0.385. The fourth-order valence-corrected chi connectivity index (χ4v) is 3.10. The van der Waals surface area contributed by atoms with Crippen LogP contribution < -0.4 is 0 Å². The third kappa shape index (κ3) is 3.03. The Labute approximate surface area is 104 Å². The number of hydrogen-bond donors (Lipinski definition) is 1. The fourth-order valence-electron chi connectivity index (χ4n) is 1.88. The lowest BCUT2D eigenvalue weighted by Gasteiger charge is -2.20. The molecule has 0 saturated carbocycles. The zero-order chi connectivity index (χ0) is 12.5. The smallest absolute Gasteiger partial charge is 0.303 e. The number of carbonyl (C=O) groups is 1. The van der Waals surface area contributed by atoms with Gasteiger partial charge in [0.2, 0.25) is 0 Å². The normalized spacial score (nSPS) is 11.9. The summed E-state index contributed by atoms with van der Waals surface area (Å²) in [5, 5.41) is 9.86. The van der Waals surface area contributed by atoms with Crippen molar-refractivity contribution >= 4 is 27.5 Å². The minimum atomic E-state index is -0.754. The van der Waals surface area contributed by atoms with E-state index in [1.54, 1.807) is 11.3 Å². The Morgan fingerprint density at radius 3 is 2.76 bits per heavy atom. The predicted octanol–water partition coefficient (Wildman–Crippen LogP) is 3.34. The number of rotatable bonds is 4. The van der Waals surface area contributed by atoms with Crippen molar-refractivity contribution in [3.63, 3.8) is 0 Å². The lowest BCUT2D eigenvalue weighted by Crippen LogP contribution is -2.19. The maximum Gasteiger partial charge on any atom is 0.303 e. The largest absolute Gasteiger partial charge is 0.481 e. The molecule has 0 aliphatic rings. The molecule has 0 radical (unpaired) electrons. The third-order valence-corrected chi connectivity index (χ3v) is 3.63. The maximum atomic E-state index is 10.8. The van der Waals surface area contributed by atoms with Crippen molar-refractivity contribution in [3.8, 4) is 0 Å². The van der Waals surface area contributed by atoms with Crippen molar-refractivity contribution in [2.45, 2.75) is 26.7 Å². The Morgan fingerprint density at radius 2 is 2.12 bits per heavy atom. The first-order valence-electron chi connectivity index (χ1n) is 5.52. The molecule has 2 aromatic rings. The highest BCUT2D eigenvalue weighted by molar-refractivity contribution is 7.18. The number of para-hydroxylation sites is 1. The standard InChI is InChI=1S/C13H15NO2S/c1-13(2,8-12(15)16)7-11-14-9-5-3-4-6-10(9)17-11/h3-6H,7-8H2,1-2H3,(H,15,16). The van der Waals surface area contributed by atoms with Gasteiger partial charge in [-0.2, -0.15) is 0 Å². The highest BCUT2D eigenvalue weighted by atomic mass is 32.1. The van der Waals surface area contributed by atoms with E-state index in [-0.39, 0.29) is 11.8 Å². The Hall–Kier alpha value is -1.42. The Morgan fingerprint density at radius 1 is 1.41 bits per heavy atom. The number of fused-ring (bicyclic) bond motifs is 1. The molecular weight excluding hydrogens is 234 g/mol. The minimum absolute atomic E-state index is 0.170. The van der Waals surface area contributed by atoms with Crippen molar-refractivity contribution in [2.75, 3.05) is 0 Å². The zero-order valence-electron chi connectivity index (χ0n) is 9.93. The van der Waals surface area contributed by atoms with Crippen molar-refractivity contribution in [3.05, 3.63) is 29.3 Å². The van der Waals surface area contributed by atoms with Crippen LogP contribution >= 0.6 is 11.3 Å². The molecule has 3 nitrogen and oxygen atoms in total. The average Bonchev–Trinajstić information content (AvgIpc) is 2.55. The molecule has 0 saturated heterocycles. The molecule has 1 aromatic heterocycles. The van der Waals surface area contributed by atoms with Gasteiger partial charge in [-0.25, -0.2) is 4.98 Å². The maximum absolute atomic E-state index is 10.8. The van der Waals surface area contributed by atoms with Gasteiger partial charge < -0.3 is 5.11 Å². The summed E-state index contributed by atoms with van der Waals surface area (Å²) in [7, 11) is 0. The average molecular weight is 249 g/mol. The molecule has 4 heteroatoms. The van der Waals surface area contributed by atoms with Crippen LogP contribution in [0.4, 0.5) is 0 Å². The second-order valence-corrected chi connectivity index (χ2v) is 6.10. The molecule has 90 valence electrons. The molecule has 0 unspecified atom stereocenters. The van der Waals surface area contributed by atoms with Crippen molar-refractivity contribution < 1.29 is 9.90 Å². The molecule has 0 amide bonds. The van der Waals surface area contributed by atoms with Gasteiger partial charge in [-0.1, -0.05) is 26.0 Å². The number of thiazole rings is 1. The molecule has 2 rings (SSSR count). The van der Waals surface area contributed by atoms with E-state index in [0.717, 1.165) is 15.2 Å². The number of hydrogen-bond acceptors (Lipinski definition) is 3. The highest BCUT2D eigenvalue weighted by Gasteiger charge is 2.23. The van der Waals surface area contributed by atoms with Gasteiger partial charge in [0.1, 0.15) is 0 Å². The van der Waals surface area contributed by atoms with E-state index in [9.17, 15) is 4.79 Å². The van der Waals surface area contributed by atoms with Gasteiger partial charge in [0, 0.05) is 6.42 Å². The van der Waals surface area contributed by atoms with E-state index in [0.29, 0.717) is 6.42 Å². The molecule has 0 aliphatic heterocycles. The topological polar surface area (TPSA) is 50.2 Å². The summed E-state index contributed by atoms with van der Waals surface area (Å²) in [5.41, 5.74) is 0.748. The van der Waals surface area contributed by atoms with Crippen LogP contribution in [0.2, 0.25) is 0 Å². The van der Waals surface area contributed by atoms with Crippen molar-refractivity contribution in [1.29, 1.82) is 0 Å². The second-order valence-electron chi connectivity index (χ2n) is 4.99. The van der Waals surface area contributed by atoms with E-state index >= 15 is 0 Å².